The van der Waals surface area contributed by atoms with Crippen LogP contribution < -0.4 is 5.32 Å². The molecule has 6 nitrogen and oxygen atoms in total. The zero-order chi connectivity index (χ0) is 19.2. The molecule has 1 aliphatic rings. The van der Waals surface area contributed by atoms with Gasteiger partial charge in [-0.15, -0.1) is 0 Å². The van der Waals surface area contributed by atoms with Crippen LogP contribution in [0.5, 0.6) is 0 Å². The van der Waals surface area contributed by atoms with Gasteiger partial charge in [-0.05, 0) is 41.7 Å². The molecule has 0 saturated heterocycles. The van der Waals surface area contributed by atoms with Gasteiger partial charge in [0.1, 0.15) is 11.4 Å². The lowest BCUT2D eigenvalue weighted by molar-refractivity contribution is 0.0155. The fraction of sp³-hybridized carbons (Fsp3) is 0.550. The summed E-state index contributed by atoms with van der Waals surface area (Å²) in [5, 5.41) is 12.9. The van der Waals surface area contributed by atoms with Gasteiger partial charge in [0.05, 0.1) is 11.7 Å². The van der Waals surface area contributed by atoms with Gasteiger partial charge in [-0.2, -0.15) is 0 Å². The molecule has 3 rings (SSSR count). The van der Waals surface area contributed by atoms with Crippen molar-refractivity contribution in [3.05, 3.63) is 29.7 Å². The number of carboxylic acid groups (broad SMARTS) is 1. The number of hydrogen-bond acceptors (Lipinski definition) is 3. The van der Waals surface area contributed by atoms with Crippen LogP contribution in [0.1, 0.15) is 62.0 Å². The Kier molecular flexibility index (Phi) is 4.54. The molecule has 4 atom stereocenters. The van der Waals surface area contributed by atoms with E-state index in [0.717, 1.165) is 6.42 Å². The van der Waals surface area contributed by atoms with Gasteiger partial charge in [-0.3, -0.25) is 4.79 Å². The highest BCUT2D eigenvalue weighted by atomic mass is 16.4. The number of pyridine rings is 1. The molecule has 26 heavy (non-hydrogen) atoms. The van der Waals surface area contributed by atoms with Crippen molar-refractivity contribution in [1.29, 1.82) is 0 Å². The molecule has 6 heteroatoms. The predicted molar refractivity (Wildman–Crippen MR) is 100 cm³/mol. The fourth-order valence-corrected chi connectivity index (χ4v) is 4.08. The molecule has 2 aromatic heterocycles. The number of hydrogen-bond donors (Lipinski definition) is 3. The summed E-state index contributed by atoms with van der Waals surface area (Å²) in [5.41, 5.74) is 1.30. The zero-order valence-corrected chi connectivity index (χ0v) is 16.0. The number of carbonyl (C=O) groups is 2. The van der Waals surface area contributed by atoms with Crippen molar-refractivity contribution in [2.24, 2.45) is 23.2 Å². The Morgan fingerprint density at radius 3 is 2.62 bits per heavy atom. The zero-order valence-electron chi connectivity index (χ0n) is 16.0. The third-order valence-electron chi connectivity index (χ3n) is 6.76. The fourth-order valence-electron chi connectivity index (χ4n) is 4.08. The average Bonchev–Trinajstić information content (AvgIpc) is 3.01. The van der Waals surface area contributed by atoms with E-state index in [9.17, 15) is 9.59 Å². The Balaban J connectivity index is 1.80. The molecule has 2 heterocycles. The van der Waals surface area contributed by atoms with Gasteiger partial charge in [-0.25, -0.2) is 9.78 Å². The molecule has 0 unspecified atom stereocenters. The van der Waals surface area contributed by atoms with E-state index in [4.69, 9.17) is 5.11 Å². The molecule has 0 spiro atoms. The molecule has 0 bridgehead atoms. The second-order valence-electron chi connectivity index (χ2n) is 8.33. The monoisotopic (exact) mass is 357 g/mol. The molecule has 1 amide bonds. The molecule has 1 fully saturated rings. The van der Waals surface area contributed by atoms with Crippen LogP contribution in [0.4, 0.5) is 0 Å². The number of aromatic amines is 1. The lowest BCUT2D eigenvalue weighted by Crippen LogP contribution is -2.52. The number of aromatic carboxylic acids is 1. The lowest BCUT2D eigenvalue weighted by Gasteiger charge is -2.49. The first-order valence-corrected chi connectivity index (χ1v) is 9.14. The summed E-state index contributed by atoms with van der Waals surface area (Å²) in [5.74, 6) is 0.162. The number of amides is 1. The minimum absolute atomic E-state index is 0.0331. The third-order valence-corrected chi connectivity index (χ3v) is 6.76. The highest BCUT2D eigenvalue weighted by Crippen LogP contribution is 2.47. The van der Waals surface area contributed by atoms with Crippen LogP contribution in [0.25, 0.3) is 10.9 Å². The Morgan fingerprint density at radius 1 is 1.27 bits per heavy atom. The lowest BCUT2D eigenvalue weighted by atomic mass is 9.58. The standard InChI is InChI=1S/C20H27N3O3/c1-10-6-14(11(2)12(3)20(10,4)5)23-18(24)15-7-13-8-16(19(25)26)21-9-17(13)22-15/h7-12,14,22H,6H2,1-5H3,(H,23,24)(H,25,26)/t10-,11+,12+,14+/m1/s1. The van der Waals surface area contributed by atoms with E-state index in [-0.39, 0.29) is 23.1 Å². The number of carbonyl (C=O) groups excluding carboxylic acids is 1. The van der Waals surface area contributed by atoms with E-state index in [0.29, 0.717) is 34.4 Å². The maximum Gasteiger partial charge on any atom is 0.354 e. The van der Waals surface area contributed by atoms with Crippen LogP contribution >= 0.6 is 0 Å². The molecule has 0 aliphatic heterocycles. The summed E-state index contributed by atoms with van der Waals surface area (Å²) < 4.78 is 0. The highest BCUT2D eigenvalue weighted by Gasteiger charge is 2.44. The van der Waals surface area contributed by atoms with Crippen LogP contribution in [-0.2, 0) is 0 Å². The summed E-state index contributed by atoms with van der Waals surface area (Å²) in [4.78, 5) is 30.7. The number of H-pyrrole nitrogens is 1. The highest BCUT2D eigenvalue weighted by molar-refractivity contribution is 5.99. The number of fused-ring (bicyclic) bond motifs is 1. The maximum atomic E-state index is 12.7. The minimum Gasteiger partial charge on any atom is -0.477 e. The van der Waals surface area contributed by atoms with Crippen molar-refractivity contribution in [3.63, 3.8) is 0 Å². The minimum atomic E-state index is -1.08. The topological polar surface area (TPSA) is 95.1 Å². The summed E-state index contributed by atoms with van der Waals surface area (Å²) in [6.07, 6.45) is 2.40. The average molecular weight is 357 g/mol. The van der Waals surface area contributed by atoms with Crippen molar-refractivity contribution in [2.45, 2.75) is 47.1 Å². The molecule has 1 aliphatic carbocycles. The van der Waals surface area contributed by atoms with E-state index in [1.807, 2.05) is 0 Å². The van der Waals surface area contributed by atoms with E-state index < -0.39 is 5.97 Å². The summed E-state index contributed by atoms with van der Waals surface area (Å²) in [7, 11) is 0. The maximum absolute atomic E-state index is 12.7. The van der Waals surface area contributed by atoms with Crippen LogP contribution in [0, 0.1) is 23.2 Å². The Labute approximate surface area is 153 Å². The summed E-state index contributed by atoms with van der Waals surface area (Å²) in [6.45, 7) is 11.3. The van der Waals surface area contributed by atoms with Gasteiger partial charge < -0.3 is 15.4 Å². The van der Waals surface area contributed by atoms with Crippen molar-refractivity contribution < 1.29 is 14.7 Å². The second kappa shape index (κ2) is 6.41. The number of nitrogens with zero attached hydrogens (tertiary/aromatic N) is 1. The van der Waals surface area contributed by atoms with Crippen molar-refractivity contribution in [3.8, 4) is 0 Å². The van der Waals surface area contributed by atoms with Gasteiger partial charge >= 0.3 is 5.97 Å². The molecule has 2 aromatic rings. The normalized spacial score (nSPS) is 28.0. The number of rotatable bonds is 3. The van der Waals surface area contributed by atoms with Gasteiger partial charge in [-0.1, -0.05) is 34.6 Å². The van der Waals surface area contributed by atoms with Crippen LogP contribution in [0.3, 0.4) is 0 Å². The van der Waals surface area contributed by atoms with Gasteiger partial charge in [0.15, 0.2) is 0 Å². The molecule has 3 N–H and O–H groups in total. The first-order valence-electron chi connectivity index (χ1n) is 9.14. The molecule has 0 radical (unpaired) electrons. The van der Waals surface area contributed by atoms with Gasteiger partial charge in [0.2, 0.25) is 0 Å². The van der Waals surface area contributed by atoms with Gasteiger partial charge in [0.25, 0.3) is 5.91 Å². The van der Waals surface area contributed by atoms with E-state index in [1.54, 1.807) is 6.07 Å². The number of carboxylic acids is 1. The van der Waals surface area contributed by atoms with E-state index in [2.05, 4.69) is 49.9 Å². The number of nitrogens with one attached hydrogen (secondary N) is 2. The smallest absolute Gasteiger partial charge is 0.354 e. The first kappa shape index (κ1) is 18.4. The van der Waals surface area contributed by atoms with E-state index >= 15 is 0 Å². The van der Waals surface area contributed by atoms with Crippen molar-refractivity contribution >= 4 is 22.8 Å². The Morgan fingerprint density at radius 2 is 1.96 bits per heavy atom. The van der Waals surface area contributed by atoms with Crippen LogP contribution in [0.2, 0.25) is 0 Å². The molecule has 0 aromatic carbocycles. The largest absolute Gasteiger partial charge is 0.477 e. The SMILES string of the molecule is C[C@@H]1[C@@H](NC(=O)c2cc3cc(C(=O)O)ncc3[nH]2)C[C@@H](C)C(C)(C)[C@H]1C. The number of aromatic nitrogens is 2. The second-order valence-corrected chi connectivity index (χ2v) is 8.33. The Hall–Kier alpha value is -2.37. The molecular formula is C20H27N3O3. The van der Waals surface area contributed by atoms with Crippen LogP contribution in [-0.4, -0.2) is 33.0 Å². The van der Waals surface area contributed by atoms with Crippen molar-refractivity contribution in [2.75, 3.05) is 0 Å². The summed E-state index contributed by atoms with van der Waals surface area (Å²) >= 11 is 0. The van der Waals surface area contributed by atoms with Crippen molar-refractivity contribution in [1.82, 2.24) is 15.3 Å². The summed E-state index contributed by atoms with van der Waals surface area (Å²) in [6, 6.07) is 3.28. The third kappa shape index (κ3) is 3.08. The molecule has 1 saturated carbocycles. The molecule has 140 valence electrons. The predicted octanol–water partition coefficient (Wildman–Crippen LogP) is 3.70. The van der Waals surface area contributed by atoms with E-state index in [1.165, 1.54) is 12.3 Å². The quantitative estimate of drug-likeness (QED) is 0.780. The molecular weight excluding hydrogens is 330 g/mol. The van der Waals surface area contributed by atoms with Gasteiger partial charge in [0, 0.05) is 11.4 Å². The van der Waals surface area contributed by atoms with Crippen LogP contribution in [0.15, 0.2) is 18.3 Å². The first-order chi connectivity index (χ1) is 12.1. The Bertz CT molecular complexity index is 855.